The van der Waals surface area contributed by atoms with E-state index in [0.717, 1.165) is 18.9 Å². The van der Waals surface area contributed by atoms with Crippen LogP contribution in [0.15, 0.2) is 5.16 Å². The van der Waals surface area contributed by atoms with Gasteiger partial charge in [-0.3, -0.25) is 4.90 Å². The minimum absolute atomic E-state index is 0.181. The summed E-state index contributed by atoms with van der Waals surface area (Å²) < 4.78 is 0. The predicted octanol–water partition coefficient (Wildman–Crippen LogP) is 2.17. The fraction of sp³-hybridized carbons (Fsp3) is 0.923. The summed E-state index contributed by atoms with van der Waals surface area (Å²) in [5, 5.41) is 12.1. The van der Waals surface area contributed by atoms with E-state index in [-0.39, 0.29) is 6.04 Å². The van der Waals surface area contributed by atoms with Crippen molar-refractivity contribution in [1.29, 1.82) is 0 Å². The van der Waals surface area contributed by atoms with Crippen LogP contribution in [0.1, 0.15) is 51.9 Å². The molecule has 4 nitrogen and oxygen atoms in total. The van der Waals surface area contributed by atoms with E-state index in [9.17, 15) is 0 Å². The summed E-state index contributed by atoms with van der Waals surface area (Å²) in [6, 6.07) is 0.835. The lowest BCUT2D eigenvalue weighted by Gasteiger charge is -2.38. The Labute approximate surface area is 104 Å². The third kappa shape index (κ3) is 2.73. The van der Waals surface area contributed by atoms with Gasteiger partial charge in [0.25, 0.3) is 0 Å². The molecule has 1 aliphatic carbocycles. The second-order valence-electron chi connectivity index (χ2n) is 5.52. The van der Waals surface area contributed by atoms with E-state index in [4.69, 9.17) is 10.9 Å². The summed E-state index contributed by atoms with van der Waals surface area (Å²) in [5.74, 6) is 1.28. The minimum Gasteiger partial charge on any atom is -0.409 e. The van der Waals surface area contributed by atoms with E-state index < -0.39 is 0 Å². The molecule has 0 bridgehead atoms. The third-order valence-electron chi connectivity index (χ3n) is 4.55. The third-order valence-corrected chi connectivity index (χ3v) is 4.55. The lowest BCUT2D eigenvalue weighted by molar-refractivity contribution is 0.136. The lowest BCUT2D eigenvalue weighted by atomic mass is 9.83. The van der Waals surface area contributed by atoms with E-state index in [1.54, 1.807) is 0 Å². The minimum atomic E-state index is 0.181. The molecule has 1 aliphatic heterocycles. The van der Waals surface area contributed by atoms with Gasteiger partial charge in [0.05, 0.1) is 6.04 Å². The first-order valence-corrected chi connectivity index (χ1v) is 6.99. The summed E-state index contributed by atoms with van der Waals surface area (Å²) in [7, 11) is 0. The monoisotopic (exact) mass is 239 g/mol. The average molecular weight is 239 g/mol. The molecule has 98 valence electrons. The maximum Gasteiger partial charge on any atom is 0.156 e. The molecule has 0 amide bonds. The normalized spacial score (nSPS) is 36.3. The smallest absolute Gasteiger partial charge is 0.156 e. The van der Waals surface area contributed by atoms with Gasteiger partial charge in [0.15, 0.2) is 5.84 Å². The van der Waals surface area contributed by atoms with Gasteiger partial charge < -0.3 is 10.9 Å². The second-order valence-corrected chi connectivity index (χ2v) is 5.52. The molecule has 3 N–H and O–H groups in total. The molecular formula is C13H25N3O. The van der Waals surface area contributed by atoms with Crippen LogP contribution >= 0.6 is 0 Å². The molecule has 0 aromatic heterocycles. The number of oxime groups is 1. The molecule has 2 fully saturated rings. The number of nitrogens with two attached hydrogens (primary N) is 1. The van der Waals surface area contributed by atoms with Crippen LogP contribution in [0.5, 0.6) is 0 Å². The van der Waals surface area contributed by atoms with Crippen LogP contribution in [0, 0.1) is 5.92 Å². The van der Waals surface area contributed by atoms with Gasteiger partial charge >= 0.3 is 0 Å². The van der Waals surface area contributed by atoms with Gasteiger partial charge in [-0.25, -0.2) is 0 Å². The summed E-state index contributed by atoms with van der Waals surface area (Å²) >= 11 is 0. The number of hydrogen-bond acceptors (Lipinski definition) is 3. The zero-order chi connectivity index (χ0) is 12.3. The highest BCUT2D eigenvalue weighted by Crippen LogP contribution is 2.33. The molecule has 0 radical (unpaired) electrons. The largest absolute Gasteiger partial charge is 0.409 e. The van der Waals surface area contributed by atoms with Gasteiger partial charge in [-0.1, -0.05) is 31.3 Å². The first kappa shape index (κ1) is 12.7. The van der Waals surface area contributed by atoms with Crippen LogP contribution in [0.2, 0.25) is 0 Å². The SMILES string of the molecule is CCC1CCCC(N2CCCC2C(N)=NO)C1. The molecule has 0 aromatic carbocycles. The van der Waals surface area contributed by atoms with Crippen LogP contribution in [0.4, 0.5) is 0 Å². The van der Waals surface area contributed by atoms with Crippen molar-refractivity contribution in [2.75, 3.05) is 6.54 Å². The fourth-order valence-corrected chi connectivity index (χ4v) is 3.54. The highest BCUT2D eigenvalue weighted by molar-refractivity contribution is 5.85. The Morgan fingerprint density at radius 2 is 2.18 bits per heavy atom. The molecule has 1 heterocycles. The van der Waals surface area contributed by atoms with Gasteiger partial charge in [-0.05, 0) is 38.1 Å². The predicted molar refractivity (Wildman–Crippen MR) is 69.2 cm³/mol. The fourth-order valence-electron chi connectivity index (χ4n) is 3.54. The summed E-state index contributed by atoms with van der Waals surface area (Å²) in [6.07, 6.45) is 8.81. The zero-order valence-corrected chi connectivity index (χ0v) is 10.8. The van der Waals surface area contributed by atoms with Crippen LogP contribution in [-0.4, -0.2) is 34.6 Å². The molecule has 3 unspecified atom stereocenters. The van der Waals surface area contributed by atoms with Crippen molar-refractivity contribution in [1.82, 2.24) is 4.90 Å². The number of nitrogens with zero attached hydrogens (tertiary/aromatic N) is 2. The van der Waals surface area contributed by atoms with Gasteiger partial charge in [0.1, 0.15) is 0 Å². The van der Waals surface area contributed by atoms with Crippen molar-refractivity contribution in [3.63, 3.8) is 0 Å². The van der Waals surface area contributed by atoms with Crippen LogP contribution < -0.4 is 5.73 Å². The van der Waals surface area contributed by atoms with E-state index in [0.29, 0.717) is 11.9 Å². The topological polar surface area (TPSA) is 61.8 Å². The molecule has 1 saturated carbocycles. The molecule has 3 atom stereocenters. The number of amidine groups is 1. The van der Waals surface area contributed by atoms with Crippen LogP contribution in [0.3, 0.4) is 0 Å². The second kappa shape index (κ2) is 5.71. The standard InChI is InChI=1S/C13H25N3O/c1-2-10-5-3-6-11(9-10)16-8-4-7-12(16)13(14)15-17/h10-12,17H,2-9H2,1H3,(H2,14,15). The van der Waals surface area contributed by atoms with Crippen LogP contribution in [-0.2, 0) is 0 Å². The van der Waals surface area contributed by atoms with E-state index in [1.807, 2.05) is 0 Å². The number of likely N-dealkylation sites (tertiary alicyclic amines) is 1. The molecule has 17 heavy (non-hydrogen) atoms. The first-order valence-electron chi connectivity index (χ1n) is 6.99. The van der Waals surface area contributed by atoms with Gasteiger partial charge in [-0.15, -0.1) is 0 Å². The van der Waals surface area contributed by atoms with Crippen molar-refractivity contribution in [3.05, 3.63) is 0 Å². The van der Waals surface area contributed by atoms with Gasteiger partial charge in [0, 0.05) is 6.04 Å². The van der Waals surface area contributed by atoms with E-state index >= 15 is 0 Å². The highest BCUT2D eigenvalue weighted by atomic mass is 16.4. The molecule has 4 heteroatoms. The van der Waals surface area contributed by atoms with Crippen molar-refractivity contribution < 1.29 is 5.21 Å². The Morgan fingerprint density at radius 1 is 1.35 bits per heavy atom. The quantitative estimate of drug-likeness (QED) is 0.343. The first-order chi connectivity index (χ1) is 8.26. The molecule has 1 saturated heterocycles. The number of hydrogen-bond donors (Lipinski definition) is 2. The zero-order valence-electron chi connectivity index (χ0n) is 10.8. The Morgan fingerprint density at radius 3 is 2.88 bits per heavy atom. The highest BCUT2D eigenvalue weighted by Gasteiger charge is 2.35. The van der Waals surface area contributed by atoms with E-state index in [1.165, 1.54) is 38.5 Å². The van der Waals surface area contributed by atoms with Gasteiger partial charge in [-0.2, -0.15) is 0 Å². The maximum atomic E-state index is 8.85. The maximum absolute atomic E-state index is 8.85. The van der Waals surface area contributed by atoms with Crippen molar-refractivity contribution in [2.24, 2.45) is 16.8 Å². The molecular weight excluding hydrogens is 214 g/mol. The van der Waals surface area contributed by atoms with Crippen LogP contribution in [0.25, 0.3) is 0 Å². The van der Waals surface area contributed by atoms with E-state index in [2.05, 4.69) is 17.0 Å². The van der Waals surface area contributed by atoms with Crippen molar-refractivity contribution in [2.45, 2.75) is 64.0 Å². The summed E-state index contributed by atoms with van der Waals surface area (Å²) in [4.78, 5) is 2.48. The Bertz CT molecular complexity index is 280. The lowest BCUT2D eigenvalue weighted by Crippen LogP contribution is -2.47. The summed E-state index contributed by atoms with van der Waals surface area (Å²) in [5.41, 5.74) is 5.80. The summed E-state index contributed by atoms with van der Waals surface area (Å²) in [6.45, 7) is 3.40. The molecule has 2 rings (SSSR count). The molecule has 2 aliphatic rings. The van der Waals surface area contributed by atoms with Crippen molar-refractivity contribution >= 4 is 5.84 Å². The molecule has 0 aromatic rings. The van der Waals surface area contributed by atoms with Crippen molar-refractivity contribution in [3.8, 4) is 0 Å². The Balaban J connectivity index is 2.00. The molecule has 0 spiro atoms. The Hall–Kier alpha value is -0.770. The number of rotatable bonds is 3. The van der Waals surface area contributed by atoms with Gasteiger partial charge in [0.2, 0.25) is 0 Å². The Kier molecular flexibility index (Phi) is 4.26. The average Bonchev–Trinajstić information content (AvgIpc) is 2.87.